The summed E-state index contributed by atoms with van der Waals surface area (Å²) in [5, 5.41) is 7.46. The first-order chi connectivity index (χ1) is 13.3. The zero-order chi connectivity index (χ0) is 20.7. The Hall–Kier alpha value is -1.99. The maximum absolute atomic E-state index is 12.7. The standard InChI is InChI=1S/C21H32N4O3.2ClH/c1-15(2)28-19(26)5-4-12-24(3)21(27)17-10-13-25(14-11-17)18-8-6-16(7-9-18)20(22)23;;/h6-9,15,17H,4-5,10-14H2,1-3H3,(H3,22,23);2*1H. The topological polar surface area (TPSA) is 99.7 Å². The molecule has 0 spiro atoms. The third kappa shape index (κ3) is 8.40. The molecule has 170 valence electrons. The summed E-state index contributed by atoms with van der Waals surface area (Å²) in [7, 11) is 1.81. The molecule has 7 nitrogen and oxygen atoms in total. The van der Waals surface area contributed by atoms with Gasteiger partial charge in [-0.3, -0.25) is 15.0 Å². The fourth-order valence-electron chi connectivity index (χ4n) is 3.44. The number of anilines is 1. The van der Waals surface area contributed by atoms with E-state index < -0.39 is 0 Å². The number of nitrogen functional groups attached to an aromatic ring is 1. The van der Waals surface area contributed by atoms with Crippen LogP contribution in [0, 0.1) is 11.3 Å². The lowest BCUT2D eigenvalue weighted by Crippen LogP contribution is -2.41. The fraction of sp³-hybridized carbons (Fsp3) is 0.571. The summed E-state index contributed by atoms with van der Waals surface area (Å²) in [6.45, 7) is 5.88. The Kier molecular flexibility index (Phi) is 12.5. The first-order valence-electron chi connectivity index (χ1n) is 9.91. The Morgan fingerprint density at radius 2 is 1.77 bits per heavy atom. The minimum atomic E-state index is -0.208. The van der Waals surface area contributed by atoms with E-state index in [0.717, 1.165) is 31.6 Å². The van der Waals surface area contributed by atoms with Gasteiger partial charge in [-0.2, -0.15) is 0 Å². The average molecular weight is 461 g/mol. The molecule has 1 aliphatic heterocycles. The molecular formula is C21H34Cl2N4O3. The Morgan fingerprint density at radius 3 is 2.27 bits per heavy atom. The van der Waals surface area contributed by atoms with Crippen molar-refractivity contribution in [2.75, 3.05) is 31.6 Å². The Bertz CT molecular complexity index is 690. The molecule has 1 aromatic rings. The Labute approximate surface area is 191 Å². The summed E-state index contributed by atoms with van der Waals surface area (Å²) in [6, 6.07) is 7.66. The molecule has 0 unspecified atom stereocenters. The monoisotopic (exact) mass is 460 g/mol. The van der Waals surface area contributed by atoms with Crippen LogP contribution in [0.15, 0.2) is 24.3 Å². The Balaban J connectivity index is 0.00000420. The first-order valence-corrected chi connectivity index (χ1v) is 9.91. The number of carbonyl (C=O) groups is 2. The number of hydrogen-bond acceptors (Lipinski definition) is 5. The van der Waals surface area contributed by atoms with Crippen molar-refractivity contribution in [2.24, 2.45) is 11.7 Å². The molecule has 0 bridgehead atoms. The van der Waals surface area contributed by atoms with Gasteiger partial charge in [0.15, 0.2) is 0 Å². The number of hydrogen-bond donors (Lipinski definition) is 2. The van der Waals surface area contributed by atoms with E-state index >= 15 is 0 Å². The van der Waals surface area contributed by atoms with Gasteiger partial charge in [-0.1, -0.05) is 0 Å². The minimum absolute atomic E-state index is 0. The normalized spacial score (nSPS) is 13.8. The number of benzene rings is 1. The maximum Gasteiger partial charge on any atom is 0.306 e. The van der Waals surface area contributed by atoms with E-state index in [-0.39, 0.29) is 54.5 Å². The van der Waals surface area contributed by atoms with Gasteiger partial charge in [-0.15, -0.1) is 24.8 Å². The largest absolute Gasteiger partial charge is 0.463 e. The molecule has 0 aromatic heterocycles. The van der Waals surface area contributed by atoms with Crippen molar-refractivity contribution in [1.29, 1.82) is 5.41 Å². The van der Waals surface area contributed by atoms with Crippen LogP contribution < -0.4 is 10.6 Å². The van der Waals surface area contributed by atoms with Crippen molar-refractivity contribution in [1.82, 2.24) is 4.90 Å². The second-order valence-corrected chi connectivity index (χ2v) is 7.62. The number of nitrogens with zero attached hydrogens (tertiary/aromatic N) is 2. The van der Waals surface area contributed by atoms with Gasteiger partial charge in [-0.05, 0) is 57.4 Å². The Morgan fingerprint density at radius 1 is 1.20 bits per heavy atom. The molecule has 3 N–H and O–H groups in total. The van der Waals surface area contributed by atoms with Crippen molar-refractivity contribution < 1.29 is 14.3 Å². The number of rotatable bonds is 8. The first kappa shape index (κ1) is 28.0. The van der Waals surface area contributed by atoms with Crippen LogP contribution in [0.1, 0.15) is 45.1 Å². The van der Waals surface area contributed by atoms with E-state index in [9.17, 15) is 9.59 Å². The molecule has 1 fully saturated rings. The minimum Gasteiger partial charge on any atom is -0.463 e. The van der Waals surface area contributed by atoms with E-state index in [4.69, 9.17) is 15.9 Å². The van der Waals surface area contributed by atoms with Gasteiger partial charge in [0.2, 0.25) is 5.91 Å². The molecule has 9 heteroatoms. The summed E-state index contributed by atoms with van der Waals surface area (Å²) < 4.78 is 5.12. The molecule has 1 heterocycles. The molecule has 0 atom stereocenters. The number of amides is 1. The highest BCUT2D eigenvalue weighted by Crippen LogP contribution is 2.25. The van der Waals surface area contributed by atoms with Crippen molar-refractivity contribution >= 4 is 48.2 Å². The molecule has 0 radical (unpaired) electrons. The maximum atomic E-state index is 12.7. The number of nitrogens with one attached hydrogen (secondary N) is 1. The third-order valence-corrected chi connectivity index (χ3v) is 5.01. The fourth-order valence-corrected chi connectivity index (χ4v) is 3.44. The van der Waals surface area contributed by atoms with Crippen LogP contribution in [0.3, 0.4) is 0 Å². The smallest absolute Gasteiger partial charge is 0.306 e. The van der Waals surface area contributed by atoms with Crippen LogP contribution >= 0.6 is 24.8 Å². The highest BCUT2D eigenvalue weighted by molar-refractivity contribution is 5.95. The van der Waals surface area contributed by atoms with Crippen molar-refractivity contribution in [3.8, 4) is 0 Å². The summed E-state index contributed by atoms with van der Waals surface area (Å²) in [5.41, 5.74) is 7.30. The summed E-state index contributed by atoms with van der Waals surface area (Å²) in [6.07, 6.45) is 2.48. The summed E-state index contributed by atoms with van der Waals surface area (Å²) >= 11 is 0. The van der Waals surface area contributed by atoms with Crippen LogP contribution in [0.2, 0.25) is 0 Å². The zero-order valence-electron chi connectivity index (χ0n) is 17.9. The van der Waals surface area contributed by atoms with Gasteiger partial charge in [-0.25, -0.2) is 0 Å². The second kappa shape index (κ2) is 13.3. The summed E-state index contributed by atoms with van der Waals surface area (Å²) in [4.78, 5) is 28.3. The second-order valence-electron chi connectivity index (χ2n) is 7.62. The van der Waals surface area contributed by atoms with Crippen LogP contribution in [0.5, 0.6) is 0 Å². The number of amidine groups is 1. The molecular weight excluding hydrogens is 427 g/mol. The van der Waals surface area contributed by atoms with Crippen molar-refractivity contribution in [3.63, 3.8) is 0 Å². The number of ether oxygens (including phenoxy) is 1. The van der Waals surface area contributed by atoms with Crippen LogP contribution in [0.25, 0.3) is 0 Å². The third-order valence-electron chi connectivity index (χ3n) is 5.01. The van der Waals surface area contributed by atoms with Crippen LogP contribution in [0.4, 0.5) is 5.69 Å². The van der Waals surface area contributed by atoms with Gasteiger partial charge < -0.3 is 20.3 Å². The number of piperidine rings is 1. The lowest BCUT2D eigenvalue weighted by Gasteiger charge is -2.34. The molecule has 1 saturated heterocycles. The zero-order valence-corrected chi connectivity index (χ0v) is 19.6. The van der Waals surface area contributed by atoms with E-state index in [1.165, 1.54) is 0 Å². The molecule has 0 saturated carbocycles. The van der Waals surface area contributed by atoms with E-state index in [0.29, 0.717) is 24.9 Å². The predicted octanol–water partition coefficient (Wildman–Crippen LogP) is 3.22. The highest BCUT2D eigenvalue weighted by atomic mass is 35.5. The van der Waals surface area contributed by atoms with Crippen LogP contribution in [-0.4, -0.2) is 55.4 Å². The quantitative estimate of drug-likeness (QED) is 0.352. The highest BCUT2D eigenvalue weighted by Gasteiger charge is 2.27. The SMILES string of the molecule is CC(C)OC(=O)CCCN(C)C(=O)C1CCN(c2ccc(C(=N)N)cc2)CC1.Cl.Cl. The number of nitrogens with two attached hydrogens (primary N) is 1. The number of carbonyl (C=O) groups excluding carboxylic acids is 2. The summed E-state index contributed by atoms with van der Waals surface area (Å²) in [5.74, 6) is 0.0421. The van der Waals surface area contributed by atoms with Gasteiger partial charge in [0, 0.05) is 50.3 Å². The van der Waals surface area contributed by atoms with Crippen molar-refractivity contribution in [2.45, 2.75) is 45.6 Å². The van der Waals surface area contributed by atoms with E-state index in [1.807, 2.05) is 45.2 Å². The molecule has 2 rings (SSSR count). The van der Waals surface area contributed by atoms with Crippen LogP contribution in [-0.2, 0) is 14.3 Å². The lowest BCUT2D eigenvalue weighted by molar-refractivity contribution is -0.148. The lowest BCUT2D eigenvalue weighted by atomic mass is 9.95. The molecule has 0 aliphatic carbocycles. The number of esters is 1. The molecule has 1 aliphatic rings. The van der Waals surface area contributed by atoms with Gasteiger partial charge in [0.25, 0.3) is 0 Å². The number of halogens is 2. The van der Waals surface area contributed by atoms with Gasteiger partial charge in [0.05, 0.1) is 6.10 Å². The molecule has 1 amide bonds. The predicted molar refractivity (Wildman–Crippen MR) is 125 cm³/mol. The van der Waals surface area contributed by atoms with Gasteiger partial charge in [0.1, 0.15) is 5.84 Å². The van der Waals surface area contributed by atoms with Crippen molar-refractivity contribution in [3.05, 3.63) is 29.8 Å². The molecule has 30 heavy (non-hydrogen) atoms. The van der Waals surface area contributed by atoms with E-state index in [2.05, 4.69) is 4.90 Å². The van der Waals surface area contributed by atoms with E-state index in [1.54, 1.807) is 4.90 Å². The average Bonchev–Trinajstić information content (AvgIpc) is 2.67. The van der Waals surface area contributed by atoms with Gasteiger partial charge >= 0.3 is 5.97 Å². The molecule has 1 aromatic carbocycles.